The molecule has 2 amide bonds. The van der Waals surface area contributed by atoms with Gasteiger partial charge in [-0.05, 0) is 42.0 Å². The lowest BCUT2D eigenvalue weighted by molar-refractivity contribution is -0.147. The molecule has 0 aromatic heterocycles. The molecular formula is C40H46N2O6. The molecule has 0 radical (unpaired) electrons. The Morgan fingerprint density at radius 3 is 1.19 bits per heavy atom. The van der Waals surface area contributed by atoms with E-state index in [1.165, 1.54) is 0 Å². The Kier molecular flexibility index (Phi) is 15.6. The summed E-state index contributed by atoms with van der Waals surface area (Å²) >= 11 is 0. The zero-order valence-electron chi connectivity index (χ0n) is 27.9. The molecule has 4 aromatic rings. The fraction of sp³-hybridized carbons (Fsp3) is 0.300. The Morgan fingerprint density at radius 2 is 0.854 bits per heavy atom. The average Bonchev–Trinajstić information content (AvgIpc) is 3.09. The molecule has 0 spiro atoms. The molecule has 0 bridgehead atoms. The molecule has 4 rings (SSSR count). The average molecular weight is 651 g/mol. The number of hydrogen-bond donors (Lipinski definition) is 3. The predicted octanol–water partition coefficient (Wildman–Crippen LogP) is 5.83. The van der Waals surface area contributed by atoms with Gasteiger partial charge in [-0.1, -0.05) is 135 Å². The highest BCUT2D eigenvalue weighted by Crippen LogP contribution is 2.12. The Labute approximate surface area is 283 Å². The van der Waals surface area contributed by atoms with Gasteiger partial charge in [0, 0.05) is 24.7 Å². The molecule has 0 aliphatic heterocycles. The molecule has 8 heteroatoms. The number of ether oxygens (including phenoxy) is 1. The first-order valence-electron chi connectivity index (χ1n) is 16.3. The minimum Gasteiger partial charge on any atom is -0.480 e. The summed E-state index contributed by atoms with van der Waals surface area (Å²) < 4.78 is 5.12. The van der Waals surface area contributed by atoms with Crippen molar-refractivity contribution in [2.45, 2.75) is 58.5 Å². The Balaban J connectivity index is 0.000000261. The van der Waals surface area contributed by atoms with Crippen molar-refractivity contribution in [3.8, 4) is 0 Å². The monoisotopic (exact) mass is 650 g/mol. The number of benzene rings is 4. The summed E-state index contributed by atoms with van der Waals surface area (Å²) in [5.74, 6) is -2.30. The molecule has 0 aliphatic rings. The van der Waals surface area contributed by atoms with Crippen LogP contribution < -0.4 is 10.6 Å². The Morgan fingerprint density at radius 1 is 0.542 bits per heavy atom. The summed E-state index contributed by atoms with van der Waals surface area (Å²) in [6, 6.07) is 36.9. The largest absolute Gasteiger partial charge is 0.480 e. The zero-order valence-corrected chi connectivity index (χ0v) is 27.9. The van der Waals surface area contributed by atoms with Crippen molar-refractivity contribution >= 4 is 23.8 Å². The maximum atomic E-state index is 12.5. The van der Waals surface area contributed by atoms with Crippen LogP contribution in [0, 0.1) is 11.8 Å². The summed E-state index contributed by atoms with van der Waals surface area (Å²) in [5, 5.41) is 14.8. The van der Waals surface area contributed by atoms with Gasteiger partial charge in [-0.3, -0.25) is 9.59 Å². The summed E-state index contributed by atoms with van der Waals surface area (Å²) in [7, 11) is 0. The zero-order chi connectivity index (χ0) is 34.7. The van der Waals surface area contributed by atoms with Crippen LogP contribution in [0.5, 0.6) is 0 Å². The minimum absolute atomic E-state index is 0.141. The highest BCUT2D eigenvalue weighted by molar-refractivity contribution is 5.86. The van der Waals surface area contributed by atoms with Gasteiger partial charge in [0.2, 0.25) is 11.8 Å². The third-order valence-corrected chi connectivity index (χ3v) is 7.73. The van der Waals surface area contributed by atoms with E-state index in [1.807, 2.05) is 135 Å². The molecule has 48 heavy (non-hydrogen) atoms. The lowest BCUT2D eigenvalue weighted by Gasteiger charge is -2.20. The van der Waals surface area contributed by atoms with E-state index in [1.54, 1.807) is 6.92 Å². The maximum Gasteiger partial charge on any atom is 0.328 e. The topological polar surface area (TPSA) is 122 Å². The van der Waals surface area contributed by atoms with E-state index in [0.717, 1.165) is 22.3 Å². The molecule has 3 N–H and O–H groups in total. The molecule has 4 atom stereocenters. The van der Waals surface area contributed by atoms with E-state index < -0.39 is 24.0 Å². The van der Waals surface area contributed by atoms with Gasteiger partial charge in [0.25, 0.3) is 0 Å². The number of carboxylic acid groups (broad SMARTS) is 1. The van der Waals surface area contributed by atoms with Crippen LogP contribution in [0.15, 0.2) is 121 Å². The molecule has 0 saturated carbocycles. The van der Waals surface area contributed by atoms with E-state index in [4.69, 9.17) is 4.74 Å². The highest BCUT2D eigenvalue weighted by Gasteiger charge is 2.25. The van der Waals surface area contributed by atoms with Crippen LogP contribution in [-0.2, 0) is 49.6 Å². The number of rotatable bonds is 15. The van der Waals surface area contributed by atoms with Crippen LogP contribution >= 0.6 is 0 Å². The van der Waals surface area contributed by atoms with E-state index in [0.29, 0.717) is 25.9 Å². The lowest BCUT2D eigenvalue weighted by Crippen LogP contribution is -2.45. The van der Waals surface area contributed by atoms with Gasteiger partial charge >= 0.3 is 11.9 Å². The fourth-order valence-corrected chi connectivity index (χ4v) is 5.08. The van der Waals surface area contributed by atoms with Crippen LogP contribution in [0.25, 0.3) is 0 Å². The van der Waals surface area contributed by atoms with Crippen molar-refractivity contribution in [3.05, 3.63) is 144 Å². The molecule has 8 nitrogen and oxygen atoms in total. The Hall–Kier alpha value is -5.24. The SMILES string of the molecule is CC(Cc1ccccc1)C(=O)N[C@@H](Cc1ccccc1)C(=O)O.CCOC(=O)[C@H](Cc1ccccc1)NC(=O)C(C)Cc1ccccc1. The fourth-order valence-electron chi connectivity index (χ4n) is 5.08. The van der Waals surface area contributed by atoms with Gasteiger partial charge in [-0.15, -0.1) is 0 Å². The lowest BCUT2D eigenvalue weighted by atomic mass is 9.99. The van der Waals surface area contributed by atoms with Crippen molar-refractivity contribution in [1.29, 1.82) is 0 Å². The van der Waals surface area contributed by atoms with Crippen LogP contribution in [0.4, 0.5) is 0 Å². The summed E-state index contributed by atoms with van der Waals surface area (Å²) in [6.45, 7) is 5.73. The van der Waals surface area contributed by atoms with Gasteiger partial charge in [-0.2, -0.15) is 0 Å². The van der Waals surface area contributed by atoms with Crippen LogP contribution in [0.1, 0.15) is 43.0 Å². The number of nitrogens with one attached hydrogen (secondary N) is 2. The molecular weight excluding hydrogens is 604 g/mol. The highest BCUT2D eigenvalue weighted by atomic mass is 16.5. The van der Waals surface area contributed by atoms with Crippen LogP contribution in [0.2, 0.25) is 0 Å². The number of amides is 2. The smallest absolute Gasteiger partial charge is 0.328 e. The van der Waals surface area contributed by atoms with E-state index in [-0.39, 0.29) is 30.1 Å². The second-order valence-corrected chi connectivity index (χ2v) is 11.8. The number of esters is 1. The molecule has 0 heterocycles. The third kappa shape index (κ3) is 13.2. The normalized spacial score (nSPS) is 13.0. The number of carbonyl (C=O) groups is 4. The molecule has 4 aromatic carbocycles. The standard InChI is InChI=1S/C21H25NO3.C19H21NO3/c1-3-25-21(24)19(15-18-12-8-5-9-13-18)22-20(23)16(2)14-17-10-6-4-7-11-17;1-14(12-15-8-4-2-5-9-15)18(21)20-17(19(22)23)13-16-10-6-3-7-11-16/h4-13,16,19H,3,14-15H2,1-2H3,(H,22,23);2-11,14,17H,12-13H2,1H3,(H,20,21)(H,22,23)/t16?,19-;14?,17-/m00/s1. The molecule has 0 aliphatic carbocycles. The van der Waals surface area contributed by atoms with Crippen LogP contribution in [0.3, 0.4) is 0 Å². The van der Waals surface area contributed by atoms with Gasteiger partial charge in [0.15, 0.2) is 0 Å². The van der Waals surface area contributed by atoms with Crippen LogP contribution in [-0.4, -0.2) is 47.6 Å². The van der Waals surface area contributed by atoms with Gasteiger partial charge in [0.1, 0.15) is 12.1 Å². The van der Waals surface area contributed by atoms with Gasteiger partial charge in [0.05, 0.1) is 6.61 Å². The summed E-state index contributed by atoms with van der Waals surface area (Å²) in [6.07, 6.45) is 1.92. The number of hydrogen-bond acceptors (Lipinski definition) is 5. The van der Waals surface area contributed by atoms with Crippen molar-refractivity contribution in [2.24, 2.45) is 11.8 Å². The first-order chi connectivity index (χ1) is 23.2. The molecule has 252 valence electrons. The molecule has 0 saturated heterocycles. The van der Waals surface area contributed by atoms with Crippen molar-refractivity contribution < 1.29 is 29.0 Å². The number of aliphatic carboxylic acids is 1. The van der Waals surface area contributed by atoms with E-state index >= 15 is 0 Å². The van der Waals surface area contributed by atoms with Crippen molar-refractivity contribution in [1.82, 2.24) is 10.6 Å². The second-order valence-electron chi connectivity index (χ2n) is 11.8. The summed E-state index contributed by atoms with van der Waals surface area (Å²) in [4.78, 5) is 48.4. The first kappa shape index (κ1) is 37.2. The second kappa shape index (κ2) is 20.1. The van der Waals surface area contributed by atoms with Gasteiger partial charge < -0.3 is 20.5 Å². The quantitative estimate of drug-likeness (QED) is 0.139. The molecule has 0 fully saturated rings. The minimum atomic E-state index is -1.02. The van der Waals surface area contributed by atoms with E-state index in [9.17, 15) is 24.3 Å². The number of carboxylic acids is 1. The Bertz CT molecular complexity index is 1550. The maximum absolute atomic E-state index is 12.5. The van der Waals surface area contributed by atoms with E-state index in [2.05, 4.69) is 10.6 Å². The predicted molar refractivity (Wildman–Crippen MR) is 187 cm³/mol. The first-order valence-corrected chi connectivity index (χ1v) is 16.3. The van der Waals surface area contributed by atoms with Crippen molar-refractivity contribution in [3.63, 3.8) is 0 Å². The van der Waals surface area contributed by atoms with Crippen molar-refractivity contribution in [2.75, 3.05) is 6.61 Å². The third-order valence-electron chi connectivity index (χ3n) is 7.73. The van der Waals surface area contributed by atoms with Gasteiger partial charge in [-0.25, -0.2) is 9.59 Å². The number of carbonyl (C=O) groups excluding carboxylic acids is 3. The molecule has 2 unspecified atom stereocenters. The summed E-state index contributed by atoms with van der Waals surface area (Å²) in [5.41, 5.74) is 4.03.